The van der Waals surface area contributed by atoms with Crippen molar-refractivity contribution in [1.29, 1.82) is 0 Å². The molecule has 6 nitrogen and oxygen atoms in total. The second kappa shape index (κ2) is 4.96. The molecule has 1 aliphatic carbocycles. The molecule has 104 valence electrons. The van der Waals surface area contributed by atoms with E-state index in [-0.39, 0.29) is 18.5 Å². The SMILES string of the molecule is CCC1=CC(O)OC2=N[NH+](COCC3CC3)C([O-])=C12. The molecule has 1 fully saturated rings. The lowest BCUT2D eigenvalue weighted by atomic mass is 10.0. The molecular weight excluding hydrogens is 248 g/mol. The van der Waals surface area contributed by atoms with Gasteiger partial charge < -0.3 is 19.7 Å². The lowest BCUT2D eigenvalue weighted by molar-refractivity contribution is -0.931. The van der Waals surface area contributed by atoms with E-state index in [4.69, 9.17) is 9.47 Å². The van der Waals surface area contributed by atoms with Crippen LogP contribution >= 0.6 is 0 Å². The van der Waals surface area contributed by atoms with Crippen LogP contribution in [-0.4, -0.2) is 30.6 Å². The fourth-order valence-corrected chi connectivity index (χ4v) is 2.24. The number of nitrogens with one attached hydrogen (secondary N) is 1. The predicted octanol–water partition coefficient (Wildman–Crippen LogP) is -1.16. The Morgan fingerprint density at radius 1 is 1.58 bits per heavy atom. The molecule has 1 saturated carbocycles. The van der Waals surface area contributed by atoms with Gasteiger partial charge in [-0.3, -0.25) is 0 Å². The minimum Gasteiger partial charge on any atom is -0.829 e. The molecule has 2 heterocycles. The van der Waals surface area contributed by atoms with Crippen molar-refractivity contribution in [1.82, 2.24) is 0 Å². The van der Waals surface area contributed by atoms with Gasteiger partial charge in [0.25, 0.3) is 5.90 Å². The summed E-state index contributed by atoms with van der Waals surface area (Å²) in [6.45, 7) is 2.85. The molecule has 2 unspecified atom stereocenters. The number of nitrogens with zero attached hydrogens (tertiary/aromatic N) is 1. The van der Waals surface area contributed by atoms with Crippen LogP contribution in [0, 0.1) is 5.92 Å². The number of fused-ring (bicyclic) bond motifs is 1. The molecule has 0 amide bonds. The van der Waals surface area contributed by atoms with Crippen LogP contribution in [0.25, 0.3) is 0 Å². The first kappa shape index (κ1) is 12.7. The summed E-state index contributed by atoms with van der Waals surface area (Å²) in [7, 11) is 0. The van der Waals surface area contributed by atoms with Crippen molar-refractivity contribution in [3.05, 3.63) is 23.1 Å². The molecule has 0 aromatic rings. The van der Waals surface area contributed by atoms with Gasteiger partial charge in [-0.25, -0.2) is 0 Å². The highest BCUT2D eigenvalue weighted by Gasteiger charge is 2.34. The number of hydrogen-bond acceptors (Lipinski definition) is 5. The normalized spacial score (nSPS) is 29.8. The Balaban J connectivity index is 1.71. The molecule has 0 radical (unpaired) electrons. The van der Waals surface area contributed by atoms with Gasteiger partial charge >= 0.3 is 0 Å². The predicted molar refractivity (Wildman–Crippen MR) is 64.4 cm³/mol. The first-order valence-electron chi connectivity index (χ1n) is 6.69. The number of hydrogen-bond donors (Lipinski definition) is 2. The van der Waals surface area contributed by atoms with Gasteiger partial charge in [-0.1, -0.05) is 6.92 Å². The van der Waals surface area contributed by atoms with Gasteiger partial charge in [-0.15, -0.1) is 0 Å². The molecule has 3 rings (SSSR count). The first-order chi connectivity index (χ1) is 9.19. The number of ether oxygens (including phenoxy) is 2. The van der Waals surface area contributed by atoms with Crippen molar-refractivity contribution >= 4 is 5.90 Å². The highest BCUT2D eigenvalue weighted by molar-refractivity contribution is 5.99. The van der Waals surface area contributed by atoms with E-state index in [0.29, 0.717) is 29.5 Å². The Kier molecular flexibility index (Phi) is 3.30. The smallest absolute Gasteiger partial charge is 0.282 e. The molecule has 6 heteroatoms. The zero-order valence-electron chi connectivity index (χ0n) is 10.9. The van der Waals surface area contributed by atoms with Gasteiger partial charge in [0.15, 0.2) is 0 Å². The highest BCUT2D eigenvalue weighted by atomic mass is 16.6. The summed E-state index contributed by atoms with van der Waals surface area (Å²) in [4.78, 5) is 0. The molecule has 0 aromatic heterocycles. The first-order valence-corrected chi connectivity index (χ1v) is 6.69. The molecule has 2 aliphatic heterocycles. The molecular formula is C13H18N2O4. The van der Waals surface area contributed by atoms with Gasteiger partial charge in [0.05, 0.1) is 12.2 Å². The maximum absolute atomic E-state index is 12.2. The van der Waals surface area contributed by atoms with Crippen LogP contribution in [0.2, 0.25) is 0 Å². The molecule has 19 heavy (non-hydrogen) atoms. The van der Waals surface area contributed by atoms with Gasteiger partial charge in [0.2, 0.25) is 13.0 Å². The van der Waals surface area contributed by atoms with Crippen LogP contribution < -0.4 is 10.1 Å². The quantitative estimate of drug-likeness (QED) is 0.658. The topological polar surface area (TPSA) is 78.5 Å². The van der Waals surface area contributed by atoms with Crippen molar-refractivity contribution in [2.75, 3.05) is 13.3 Å². The van der Waals surface area contributed by atoms with E-state index in [2.05, 4.69) is 5.10 Å². The summed E-state index contributed by atoms with van der Waals surface area (Å²) in [5, 5.41) is 26.3. The minimum absolute atomic E-state index is 0.134. The second-order valence-electron chi connectivity index (χ2n) is 5.08. The third-order valence-electron chi connectivity index (χ3n) is 3.51. The van der Waals surface area contributed by atoms with Crippen LogP contribution in [0.5, 0.6) is 0 Å². The Morgan fingerprint density at radius 2 is 2.37 bits per heavy atom. The summed E-state index contributed by atoms with van der Waals surface area (Å²) < 4.78 is 10.7. The van der Waals surface area contributed by atoms with E-state index < -0.39 is 6.29 Å². The van der Waals surface area contributed by atoms with Gasteiger partial charge in [0.1, 0.15) is 5.88 Å². The van der Waals surface area contributed by atoms with Crippen LogP contribution in [0.1, 0.15) is 26.2 Å². The lowest BCUT2D eigenvalue weighted by Crippen LogP contribution is -3.07. The third kappa shape index (κ3) is 2.51. The van der Waals surface area contributed by atoms with Crippen molar-refractivity contribution in [2.24, 2.45) is 11.0 Å². The maximum Gasteiger partial charge on any atom is 0.282 e. The van der Waals surface area contributed by atoms with Gasteiger partial charge in [-0.05, 0) is 41.9 Å². The maximum atomic E-state index is 12.2. The molecule has 0 spiro atoms. The van der Waals surface area contributed by atoms with Gasteiger partial charge in [0, 0.05) is 0 Å². The van der Waals surface area contributed by atoms with Crippen LogP contribution in [0.15, 0.2) is 28.2 Å². The summed E-state index contributed by atoms with van der Waals surface area (Å²) in [6.07, 6.45) is 3.63. The summed E-state index contributed by atoms with van der Waals surface area (Å²) in [6, 6.07) is 0. The van der Waals surface area contributed by atoms with Crippen LogP contribution in [0.3, 0.4) is 0 Å². The fourth-order valence-electron chi connectivity index (χ4n) is 2.24. The standard InChI is InChI=1S/C13H18N2O4/c1-2-9-5-10(16)19-12-11(9)13(17)15(14-12)7-18-6-8-3-4-8/h5,8,10,16-17H,2-4,6-7H2,1H3. The van der Waals surface area contributed by atoms with E-state index in [1.54, 1.807) is 6.08 Å². The Hall–Kier alpha value is -1.37. The van der Waals surface area contributed by atoms with Crippen LogP contribution in [0.4, 0.5) is 0 Å². The Labute approximate surface area is 111 Å². The summed E-state index contributed by atoms with van der Waals surface area (Å²) in [5.74, 6) is 0.761. The lowest BCUT2D eigenvalue weighted by Gasteiger charge is -2.20. The second-order valence-corrected chi connectivity index (χ2v) is 5.08. The fraction of sp³-hybridized carbons (Fsp3) is 0.615. The average Bonchev–Trinajstić information content (AvgIpc) is 3.15. The molecule has 0 aromatic carbocycles. The van der Waals surface area contributed by atoms with Crippen molar-refractivity contribution in [3.63, 3.8) is 0 Å². The van der Waals surface area contributed by atoms with Crippen LogP contribution in [-0.2, 0) is 9.47 Å². The summed E-state index contributed by atoms with van der Waals surface area (Å²) in [5.41, 5.74) is 1.28. The largest absolute Gasteiger partial charge is 0.829 e. The number of rotatable bonds is 5. The van der Waals surface area contributed by atoms with E-state index in [1.807, 2.05) is 6.92 Å². The average molecular weight is 266 g/mol. The van der Waals surface area contributed by atoms with Crippen molar-refractivity contribution in [3.8, 4) is 0 Å². The molecule has 0 saturated heterocycles. The molecule has 0 bridgehead atoms. The van der Waals surface area contributed by atoms with Gasteiger partial charge in [-0.2, -0.15) is 5.01 Å². The summed E-state index contributed by atoms with van der Waals surface area (Å²) >= 11 is 0. The molecule has 3 aliphatic rings. The monoisotopic (exact) mass is 266 g/mol. The van der Waals surface area contributed by atoms with Crippen molar-refractivity contribution < 1.29 is 24.7 Å². The zero-order valence-corrected chi connectivity index (χ0v) is 10.9. The number of aliphatic hydroxyl groups is 1. The minimum atomic E-state index is -1.02. The highest BCUT2D eigenvalue weighted by Crippen LogP contribution is 2.28. The van der Waals surface area contributed by atoms with E-state index in [9.17, 15) is 10.2 Å². The molecule has 2 atom stereocenters. The van der Waals surface area contributed by atoms with E-state index in [1.165, 1.54) is 12.8 Å². The van der Waals surface area contributed by atoms with Crippen molar-refractivity contribution in [2.45, 2.75) is 32.5 Å². The number of quaternary nitrogens is 1. The molecule has 2 N–H and O–H groups in total. The number of aliphatic hydroxyl groups excluding tert-OH is 1. The zero-order chi connectivity index (χ0) is 13.4. The third-order valence-corrected chi connectivity index (χ3v) is 3.51. The Morgan fingerprint density at radius 3 is 3.05 bits per heavy atom. The Bertz CT molecular complexity index is 465. The van der Waals surface area contributed by atoms with E-state index in [0.717, 1.165) is 5.57 Å². The van der Waals surface area contributed by atoms with E-state index >= 15 is 0 Å².